The van der Waals surface area contributed by atoms with Gasteiger partial charge in [-0.15, -0.1) is 10.2 Å². The first-order valence-corrected chi connectivity index (χ1v) is 11.8. The van der Waals surface area contributed by atoms with Crippen LogP contribution >= 0.6 is 0 Å². The third kappa shape index (κ3) is 8.68. The van der Waals surface area contributed by atoms with Crippen molar-refractivity contribution in [3.63, 3.8) is 0 Å². The van der Waals surface area contributed by atoms with Gasteiger partial charge in [0.2, 0.25) is 0 Å². The van der Waals surface area contributed by atoms with Crippen molar-refractivity contribution in [2.24, 2.45) is 15.7 Å². The van der Waals surface area contributed by atoms with E-state index < -0.39 is 0 Å². The average molecular weight is 480 g/mol. The highest BCUT2D eigenvalue weighted by molar-refractivity contribution is 5.72. The van der Waals surface area contributed by atoms with Gasteiger partial charge in [-0.1, -0.05) is 59.2 Å². The molecular formula is C29H33N7. The predicted molar refractivity (Wildman–Crippen MR) is 149 cm³/mol. The predicted octanol–water partition coefficient (Wildman–Crippen LogP) is 6.15. The molecule has 0 amide bonds. The van der Waals surface area contributed by atoms with Crippen LogP contribution in [0.4, 0.5) is 5.69 Å². The largest absolute Gasteiger partial charge is 0.390 e. The van der Waals surface area contributed by atoms with Crippen LogP contribution in [-0.4, -0.2) is 32.0 Å². The molecule has 2 heterocycles. The second kappa shape index (κ2) is 14.0. The number of nitrogens with zero attached hydrogens (tertiary/aromatic N) is 6. The molecule has 2 aromatic heterocycles. The summed E-state index contributed by atoms with van der Waals surface area (Å²) in [5, 5.41) is 7.55. The van der Waals surface area contributed by atoms with Crippen LogP contribution in [0.15, 0.2) is 119 Å². The van der Waals surface area contributed by atoms with Crippen LogP contribution in [-0.2, 0) is 0 Å². The summed E-state index contributed by atoms with van der Waals surface area (Å²) in [6, 6.07) is 20.8. The number of aryl methyl sites for hydroxylation is 2. The van der Waals surface area contributed by atoms with Crippen molar-refractivity contribution in [1.82, 2.24) is 19.3 Å². The Morgan fingerprint density at radius 2 is 1.50 bits per heavy atom. The van der Waals surface area contributed by atoms with Gasteiger partial charge in [-0.2, -0.15) is 0 Å². The molecule has 2 N–H and O–H groups in total. The number of nitrogens with two attached hydrogens (primary N) is 1. The van der Waals surface area contributed by atoms with Crippen molar-refractivity contribution >= 4 is 18.4 Å². The Morgan fingerprint density at radius 1 is 0.889 bits per heavy atom. The molecule has 1 atom stereocenters. The number of rotatable bonds is 4. The lowest BCUT2D eigenvalue weighted by molar-refractivity contribution is 0.602. The van der Waals surface area contributed by atoms with Gasteiger partial charge in [-0.25, -0.2) is 9.98 Å². The molecule has 5 rings (SSSR count). The van der Waals surface area contributed by atoms with E-state index in [1.165, 1.54) is 35.1 Å². The number of aromatic nitrogens is 4. The van der Waals surface area contributed by atoms with Gasteiger partial charge in [-0.3, -0.25) is 0 Å². The normalized spacial score (nSPS) is 14.6. The van der Waals surface area contributed by atoms with E-state index >= 15 is 0 Å². The Bertz CT molecular complexity index is 1260. The summed E-state index contributed by atoms with van der Waals surface area (Å²) < 4.78 is 4.11. The van der Waals surface area contributed by atoms with Crippen molar-refractivity contribution in [2.75, 3.05) is 0 Å². The van der Waals surface area contributed by atoms with Gasteiger partial charge >= 0.3 is 0 Å². The van der Waals surface area contributed by atoms with Gasteiger partial charge in [0.15, 0.2) is 0 Å². The fraction of sp³-hybridized carbons (Fsp3) is 0.172. The fourth-order valence-corrected chi connectivity index (χ4v) is 3.31. The van der Waals surface area contributed by atoms with Crippen LogP contribution in [0.2, 0.25) is 0 Å². The van der Waals surface area contributed by atoms with Crippen molar-refractivity contribution in [2.45, 2.75) is 33.2 Å². The maximum atomic E-state index is 5.03. The van der Waals surface area contributed by atoms with Gasteiger partial charge in [0.25, 0.3) is 0 Å². The highest BCUT2D eigenvalue weighted by Gasteiger charge is 2.07. The highest BCUT2D eigenvalue weighted by atomic mass is 15.2. The molecule has 2 aromatic carbocycles. The molecule has 0 saturated carbocycles. The molecule has 0 aliphatic heterocycles. The minimum Gasteiger partial charge on any atom is -0.390 e. The molecule has 7 heteroatoms. The van der Waals surface area contributed by atoms with Crippen molar-refractivity contribution in [3.8, 4) is 5.69 Å². The van der Waals surface area contributed by atoms with Gasteiger partial charge in [0, 0.05) is 18.1 Å². The van der Waals surface area contributed by atoms with Gasteiger partial charge in [0.1, 0.15) is 19.0 Å². The summed E-state index contributed by atoms with van der Waals surface area (Å²) in [6.07, 6.45) is 17.8. The van der Waals surface area contributed by atoms with E-state index in [0.29, 0.717) is 6.04 Å². The Kier molecular flexibility index (Phi) is 10.2. The maximum absolute atomic E-state index is 5.03. The SMILES string of the molecule is CC1=CCC(n2cnnc2)C=C1.Cc1ccc(-n2cccc2)cc1.Cc1ccc(N=CN=CN)cc1. The summed E-state index contributed by atoms with van der Waals surface area (Å²) in [5.74, 6) is 0. The van der Waals surface area contributed by atoms with Crippen LogP contribution in [0.25, 0.3) is 5.69 Å². The molecule has 36 heavy (non-hydrogen) atoms. The van der Waals surface area contributed by atoms with Crippen LogP contribution in [0.1, 0.15) is 30.5 Å². The number of benzene rings is 2. The van der Waals surface area contributed by atoms with E-state index in [0.717, 1.165) is 12.1 Å². The van der Waals surface area contributed by atoms with E-state index in [4.69, 9.17) is 5.73 Å². The molecule has 0 fully saturated rings. The standard InChI is InChI=1S/C11H11N.2C9H11N3/c1-10-4-6-11(7-5-10)12-8-2-3-9-12;1-8-2-4-9(5-3-8)12-6-10-11-7-12;1-8-2-4-9(5-3-8)12-7-11-6-10/h2-9H,1H3;2-4,6-7,9H,5H2,1H3;2-7H,1H3,(H2,10,11,12). The molecular weight excluding hydrogens is 446 g/mol. The molecule has 1 unspecified atom stereocenters. The lowest BCUT2D eigenvalue weighted by atomic mass is 10.0. The number of hydrogen-bond donors (Lipinski definition) is 1. The minimum atomic E-state index is 0.406. The van der Waals surface area contributed by atoms with Crippen LogP contribution in [0.5, 0.6) is 0 Å². The van der Waals surface area contributed by atoms with E-state index in [9.17, 15) is 0 Å². The third-order valence-corrected chi connectivity index (χ3v) is 5.41. The first-order valence-electron chi connectivity index (χ1n) is 11.8. The lowest BCUT2D eigenvalue weighted by Gasteiger charge is -2.14. The zero-order chi connectivity index (χ0) is 25.6. The van der Waals surface area contributed by atoms with E-state index in [2.05, 4.69) is 81.1 Å². The van der Waals surface area contributed by atoms with Crippen molar-refractivity contribution in [3.05, 3.63) is 121 Å². The van der Waals surface area contributed by atoms with Gasteiger partial charge in [0.05, 0.1) is 18.1 Å². The molecule has 184 valence electrons. The minimum absolute atomic E-state index is 0.406. The van der Waals surface area contributed by atoms with Gasteiger partial charge in [-0.05, 0) is 63.6 Å². The molecule has 0 spiro atoms. The third-order valence-electron chi connectivity index (χ3n) is 5.41. The number of allylic oxidation sites excluding steroid dienone is 4. The first-order chi connectivity index (χ1) is 17.5. The van der Waals surface area contributed by atoms with Crippen LogP contribution < -0.4 is 5.73 Å². The second-order valence-electron chi connectivity index (χ2n) is 8.32. The number of hydrogen-bond acceptors (Lipinski definition) is 3. The molecule has 0 radical (unpaired) electrons. The molecule has 0 saturated heterocycles. The van der Waals surface area contributed by atoms with E-state index in [1.807, 2.05) is 60.3 Å². The summed E-state index contributed by atoms with van der Waals surface area (Å²) in [5.41, 5.74) is 11.0. The molecule has 1 aliphatic rings. The molecule has 4 aromatic rings. The van der Waals surface area contributed by atoms with Crippen molar-refractivity contribution in [1.29, 1.82) is 0 Å². The summed E-state index contributed by atoms with van der Waals surface area (Å²) in [7, 11) is 0. The first kappa shape index (κ1) is 26.1. The quantitative estimate of drug-likeness (QED) is 0.281. The fourth-order valence-electron chi connectivity index (χ4n) is 3.31. The molecule has 7 nitrogen and oxygen atoms in total. The molecule has 1 aliphatic carbocycles. The zero-order valence-corrected chi connectivity index (χ0v) is 21.0. The van der Waals surface area contributed by atoms with E-state index in [-0.39, 0.29) is 0 Å². The summed E-state index contributed by atoms with van der Waals surface area (Å²) >= 11 is 0. The lowest BCUT2D eigenvalue weighted by Crippen LogP contribution is -2.05. The highest BCUT2D eigenvalue weighted by Crippen LogP contribution is 2.19. The monoisotopic (exact) mass is 479 g/mol. The van der Waals surface area contributed by atoms with Crippen LogP contribution in [0.3, 0.4) is 0 Å². The Morgan fingerprint density at radius 3 is 2.06 bits per heavy atom. The van der Waals surface area contributed by atoms with Crippen molar-refractivity contribution < 1.29 is 0 Å². The Balaban J connectivity index is 0.000000150. The zero-order valence-electron chi connectivity index (χ0n) is 21.0. The van der Waals surface area contributed by atoms with E-state index in [1.54, 1.807) is 12.7 Å². The van der Waals surface area contributed by atoms with Gasteiger partial charge < -0.3 is 14.9 Å². The average Bonchev–Trinajstić information content (AvgIpc) is 3.63. The summed E-state index contributed by atoms with van der Waals surface area (Å²) in [6.45, 7) is 6.24. The Hall–Kier alpha value is -4.52. The summed E-state index contributed by atoms with van der Waals surface area (Å²) in [4.78, 5) is 7.68. The smallest absolute Gasteiger partial charge is 0.119 e. The van der Waals surface area contributed by atoms with Crippen LogP contribution in [0, 0.1) is 13.8 Å². The second-order valence-corrected chi connectivity index (χ2v) is 8.32. The number of aliphatic imine (C=N–C) groups is 2. The topological polar surface area (TPSA) is 86.4 Å². The maximum Gasteiger partial charge on any atom is 0.119 e. The Labute approximate surface area is 213 Å². The molecule has 0 bridgehead atoms.